The lowest BCUT2D eigenvalue weighted by Crippen LogP contribution is -2.39. The number of methoxy groups -OCH3 is 1. The van der Waals surface area contributed by atoms with Gasteiger partial charge in [0.2, 0.25) is 0 Å². The lowest BCUT2D eigenvalue weighted by atomic mass is 10.2. The molecule has 0 saturated carbocycles. The molecule has 0 heterocycles. The number of ether oxygens (including phenoxy) is 2. The zero-order chi connectivity index (χ0) is 28.5. The van der Waals surface area contributed by atoms with Crippen molar-refractivity contribution in [1.82, 2.24) is 5.43 Å². The van der Waals surface area contributed by atoms with Crippen molar-refractivity contribution in [3.63, 3.8) is 0 Å². The monoisotopic (exact) mass is 689 g/mol. The number of nitrogens with zero attached hydrogens (tertiary/aromatic N) is 2. The first kappa shape index (κ1) is 29.4. The molecular formula is C29H25ClIN3O5S. The molecule has 1 N–H and O–H groups in total. The molecule has 0 saturated heterocycles. The maximum absolute atomic E-state index is 13.4. The van der Waals surface area contributed by atoms with Crippen molar-refractivity contribution in [2.24, 2.45) is 5.10 Å². The highest BCUT2D eigenvalue weighted by atomic mass is 127. The fourth-order valence-electron chi connectivity index (χ4n) is 3.64. The molecule has 4 aromatic carbocycles. The first-order chi connectivity index (χ1) is 19.3. The van der Waals surface area contributed by atoms with E-state index in [1.807, 2.05) is 18.2 Å². The normalized spacial score (nSPS) is 11.3. The standard InChI is InChI=1S/C29H25ClIN3O5S/c1-38-28-17-21(11-16-27(28)39-20-22-7-5-6-10-26(22)30)18-32-33-29(35)19-34(24-14-12-23(31)13-15-24)40(36,37)25-8-3-2-4-9-25/h2-18H,19-20H2,1H3,(H,33,35)/b32-18-. The second-order valence-electron chi connectivity index (χ2n) is 8.38. The average Bonchev–Trinajstić information content (AvgIpc) is 2.97. The summed E-state index contributed by atoms with van der Waals surface area (Å²) in [7, 11) is -2.48. The number of rotatable bonds is 11. The molecule has 4 aromatic rings. The van der Waals surface area contributed by atoms with Gasteiger partial charge in [0.05, 0.1) is 23.9 Å². The van der Waals surface area contributed by atoms with E-state index in [-0.39, 0.29) is 11.5 Å². The minimum Gasteiger partial charge on any atom is -0.493 e. The summed E-state index contributed by atoms with van der Waals surface area (Å²) in [5, 5.41) is 4.62. The van der Waals surface area contributed by atoms with E-state index in [1.165, 1.54) is 25.5 Å². The number of sulfonamides is 1. The van der Waals surface area contributed by atoms with Gasteiger partial charge >= 0.3 is 0 Å². The molecule has 0 aromatic heterocycles. The third kappa shape index (κ3) is 7.52. The number of amides is 1. The Morgan fingerprint density at radius 1 is 0.975 bits per heavy atom. The van der Waals surface area contributed by atoms with E-state index in [1.54, 1.807) is 66.7 Å². The summed E-state index contributed by atoms with van der Waals surface area (Å²) in [5.41, 5.74) is 4.24. The molecule has 4 rings (SSSR count). The third-order valence-electron chi connectivity index (χ3n) is 5.66. The number of benzene rings is 4. The predicted molar refractivity (Wildman–Crippen MR) is 165 cm³/mol. The highest BCUT2D eigenvalue weighted by Gasteiger charge is 2.27. The van der Waals surface area contributed by atoms with Crippen molar-refractivity contribution in [3.8, 4) is 11.5 Å². The minimum atomic E-state index is -4.00. The van der Waals surface area contributed by atoms with Gasteiger partial charge in [0.1, 0.15) is 13.2 Å². The lowest BCUT2D eigenvalue weighted by Gasteiger charge is -2.23. The summed E-state index contributed by atoms with van der Waals surface area (Å²) in [6.45, 7) is -0.199. The summed E-state index contributed by atoms with van der Waals surface area (Å²) in [6, 6.07) is 27.4. The van der Waals surface area contributed by atoms with Crippen LogP contribution >= 0.6 is 34.2 Å². The zero-order valence-corrected chi connectivity index (χ0v) is 25.1. The molecule has 0 spiro atoms. The molecule has 0 atom stereocenters. The van der Waals surface area contributed by atoms with Crippen LogP contribution in [0.5, 0.6) is 11.5 Å². The van der Waals surface area contributed by atoms with Gasteiger partial charge in [0.15, 0.2) is 11.5 Å². The van der Waals surface area contributed by atoms with Gasteiger partial charge in [-0.15, -0.1) is 0 Å². The van der Waals surface area contributed by atoms with E-state index in [4.69, 9.17) is 21.1 Å². The highest BCUT2D eigenvalue weighted by molar-refractivity contribution is 14.1. The number of anilines is 1. The van der Waals surface area contributed by atoms with Crippen LogP contribution in [0.2, 0.25) is 5.02 Å². The number of carbonyl (C=O) groups excluding carboxylic acids is 1. The van der Waals surface area contributed by atoms with Crippen LogP contribution in [0.15, 0.2) is 107 Å². The molecule has 1 amide bonds. The van der Waals surface area contributed by atoms with Gasteiger partial charge in [-0.25, -0.2) is 13.8 Å². The minimum absolute atomic E-state index is 0.0776. The zero-order valence-electron chi connectivity index (χ0n) is 21.3. The Kier molecular flexibility index (Phi) is 10.0. The van der Waals surface area contributed by atoms with Crippen LogP contribution in [0.25, 0.3) is 0 Å². The van der Waals surface area contributed by atoms with E-state index < -0.39 is 22.5 Å². The molecule has 0 aliphatic carbocycles. The molecule has 8 nitrogen and oxygen atoms in total. The number of nitrogens with one attached hydrogen (secondary N) is 1. The van der Waals surface area contributed by atoms with Crippen molar-refractivity contribution in [2.75, 3.05) is 18.0 Å². The quantitative estimate of drug-likeness (QED) is 0.121. The van der Waals surface area contributed by atoms with Crippen LogP contribution < -0.4 is 19.2 Å². The van der Waals surface area contributed by atoms with Gasteiger partial charge in [0, 0.05) is 14.2 Å². The third-order valence-corrected chi connectivity index (χ3v) is 8.54. The number of hydrogen-bond acceptors (Lipinski definition) is 6. The Labute approximate surface area is 251 Å². The van der Waals surface area contributed by atoms with E-state index in [9.17, 15) is 13.2 Å². The molecular weight excluding hydrogens is 665 g/mol. The van der Waals surface area contributed by atoms with Crippen molar-refractivity contribution in [2.45, 2.75) is 11.5 Å². The van der Waals surface area contributed by atoms with Crippen molar-refractivity contribution >= 4 is 62.0 Å². The second-order valence-corrected chi connectivity index (χ2v) is 11.9. The molecule has 40 heavy (non-hydrogen) atoms. The SMILES string of the molecule is COc1cc(/C=N\NC(=O)CN(c2ccc(I)cc2)S(=O)(=O)c2ccccc2)ccc1OCc1ccccc1Cl. The molecule has 0 aliphatic rings. The summed E-state index contributed by atoms with van der Waals surface area (Å²) in [5.74, 6) is 0.380. The second kappa shape index (κ2) is 13.6. The van der Waals surface area contributed by atoms with Gasteiger partial charge in [-0.05, 0) is 88.8 Å². The van der Waals surface area contributed by atoms with Gasteiger partial charge in [-0.2, -0.15) is 5.10 Å². The van der Waals surface area contributed by atoms with E-state index in [2.05, 4.69) is 33.1 Å². The Hall–Kier alpha value is -3.61. The number of hydrazone groups is 1. The first-order valence-electron chi connectivity index (χ1n) is 12.0. The molecule has 11 heteroatoms. The topological polar surface area (TPSA) is 97.3 Å². The summed E-state index contributed by atoms with van der Waals surface area (Å²) >= 11 is 8.33. The Morgan fingerprint density at radius 2 is 1.68 bits per heavy atom. The maximum Gasteiger partial charge on any atom is 0.264 e. The van der Waals surface area contributed by atoms with Crippen molar-refractivity contribution < 1.29 is 22.7 Å². The van der Waals surface area contributed by atoms with Gasteiger partial charge in [-0.1, -0.05) is 48.0 Å². The molecule has 206 valence electrons. The van der Waals surface area contributed by atoms with E-state index in [0.717, 1.165) is 13.4 Å². The number of carbonyl (C=O) groups is 1. The summed E-state index contributed by atoms with van der Waals surface area (Å²) < 4.78 is 40.1. The molecule has 0 unspecified atom stereocenters. The molecule has 0 aliphatic heterocycles. The van der Waals surface area contributed by atoms with Crippen LogP contribution in [0, 0.1) is 3.57 Å². The predicted octanol–water partition coefficient (Wildman–Crippen LogP) is 5.88. The molecule has 0 fully saturated rings. The lowest BCUT2D eigenvalue weighted by molar-refractivity contribution is -0.119. The van der Waals surface area contributed by atoms with Crippen molar-refractivity contribution in [1.29, 1.82) is 0 Å². The van der Waals surface area contributed by atoms with Crippen LogP contribution in [-0.2, 0) is 21.4 Å². The average molecular weight is 690 g/mol. The fraction of sp³-hybridized carbons (Fsp3) is 0.103. The summed E-state index contributed by atoms with van der Waals surface area (Å²) in [6.07, 6.45) is 1.43. The van der Waals surface area contributed by atoms with E-state index >= 15 is 0 Å². The maximum atomic E-state index is 13.4. The number of hydrogen-bond donors (Lipinski definition) is 1. The Morgan fingerprint density at radius 3 is 2.38 bits per heavy atom. The van der Waals surface area contributed by atoms with Crippen LogP contribution in [0.3, 0.4) is 0 Å². The molecule has 0 bridgehead atoms. The summed E-state index contributed by atoms with van der Waals surface area (Å²) in [4.78, 5) is 12.9. The Balaban J connectivity index is 1.45. The van der Waals surface area contributed by atoms with E-state index in [0.29, 0.717) is 27.8 Å². The smallest absolute Gasteiger partial charge is 0.264 e. The van der Waals surface area contributed by atoms with Gasteiger partial charge < -0.3 is 9.47 Å². The van der Waals surface area contributed by atoms with Crippen LogP contribution in [0.4, 0.5) is 5.69 Å². The first-order valence-corrected chi connectivity index (χ1v) is 14.9. The highest BCUT2D eigenvalue weighted by Crippen LogP contribution is 2.29. The van der Waals surface area contributed by atoms with Crippen LogP contribution in [-0.4, -0.2) is 34.2 Å². The van der Waals surface area contributed by atoms with Crippen LogP contribution in [0.1, 0.15) is 11.1 Å². The number of halogens is 2. The molecule has 0 radical (unpaired) electrons. The fourth-order valence-corrected chi connectivity index (χ4v) is 5.63. The van der Waals surface area contributed by atoms with Crippen molar-refractivity contribution in [3.05, 3.63) is 117 Å². The Bertz CT molecular complexity index is 1600. The largest absolute Gasteiger partial charge is 0.493 e. The van der Waals surface area contributed by atoms with Gasteiger partial charge in [0.25, 0.3) is 15.9 Å². The van der Waals surface area contributed by atoms with Gasteiger partial charge in [-0.3, -0.25) is 9.10 Å².